The van der Waals surface area contributed by atoms with Crippen LogP contribution in [-0.2, 0) is 16.6 Å². The molecule has 1 atom stereocenters. The van der Waals surface area contributed by atoms with E-state index in [-0.39, 0.29) is 17.5 Å². The van der Waals surface area contributed by atoms with Gasteiger partial charge in [0.05, 0.1) is 4.90 Å². The van der Waals surface area contributed by atoms with Crippen LogP contribution < -0.4 is 0 Å². The van der Waals surface area contributed by atoms with E-state index in [4.69, 9.17) is 0 Å². The summed E-state index contributed by atoms with van der Waals surface area (Å²) in [6.45, 7) is 3.24. The molecule has 0 bridgehead atoms. The number of hydrogen-bond donors (Lipinski definition) is 0. The highest BCUT2D eigenvalue weighted by molar-refractivity contribution is 9.11. The Hall–Kier alpha value is -1.40. The molecule has 1 heterocycles. The van der Waals surface area contributed by atoms with Crippen molar-refractivity contribution in [2.24, 2.45) is 0 Å². The summed E-state index contributed by atoms with van der Waals surface area (Å²) in [5.41, 5.74) is 2.01. The van der Waals surface area contributed by atoms with Gasteiger partial charge < -0.3 is 4.90 Å². The van der Waals surface area contributed by atoms with E-state index < -0.39 is 10.0 Å². The highest BCUT2D eigenvalue weighted by Crippen LogP contribution is 2.32. The first kappa shape index (κ1) is 20.3. The summed E-state index contributed by atoms with van der Waals surface area (Å²) in [6.07, 6.45) is 2.76. The van der Waals surface area contributed by atoms with Gasteiger partial charge in [-0.3, -0.25) is 0 Å². The van der Waals surface area contributed by atoms with Crippen LogP contribution in [0.5, 0.6) is 0 Å². The van der Waals surface area contributed by atoms with Crippen molar-refractivity contribution in [3.63, 3.8) is 0 Å². The van der Waals surface area contributed by atoms with Crippen molar-refractivity contribution in [2.45, 2.75) is 30.8 Å². The summed E-state index contributed by atoms with van der Waals surface area (Å²) in [4.78, 5) is 1.83. The zero-order chi connectivity index (χ0) is 19.6. The average Bonchev–Trinajstić information content (AvgIpc) is 3.10. The Balaban J connectivity index is 2.03. The molecule has 1 saturated heterocycles. The quantitative estimate of drug-likeness (QED) is 0.561. The van der Waals surface area contributed by atoms with Crippen molar-refractivity contribution in [3.8, 4) is 6.19 Å². The number of likely N-dealkylation sites (tertiary alicyclic amines) is 1. The minimum Gasteiger partial charge on any atom is -0.309 e. The van der Waals surface area contributed by atoms with Gasteiger partial charge in [0.1, 0.15) is 0 Å². The highest BCUT2D eigenvalue weighted by atomic mass is 79.9. The molecule has 0 saturated carbocycles. The molecule has 8 heteroatoms. The summed E-state index contributed by atoms with van der Waals surface area (Å²) in [5, 5.41) is 9.19. The molecule has 2 aromatic carbocycles. The van der Waals surface area contributed by atoms with E-state index in [9.17, 15) is 13.7 Å². The van der Waals surface area contributed by atoms with Crippen molar-refractivity contribution in [2.75, 3.05) is 13.1 Å². The molecule has 0 N–H and O–H groups in total. The molecule has 0 amide bonds. The summed E-state index contributed by atoms with van der Waals surface area (Å²) < 4.78 is 29.9. The normalized spacial score (nSPS) is 17.3. The summed E-state index contributed by atoms with van der Waals surface area (Å²) in [5.74, 6) is 0. The van der Waals surface area contributed by atoms with E-state index >= 15 is 0 Å². The lowest BCUT2D eigenvalue weighted by Crippen LogP contribution is -2.41. The Kier molecular flexibility index (Phi) is 6.26. The SMILES string of the molecule is Cc1cccc(CN([C@@H]2CCN(C#N)C2)S(=O)(=O)c2cc(Br)ccc2Br)c1. The molecule has 5 nitrogen and oxygen atoms in total. The Morgan fingerprint density at radius 2 is 2.04 bits per heavy atom. The maximum absolute atomic E-state index is 13.6. The smallest absolute Gasteiger partial charge is 0.244 e. The predicted molar refractivity (Wildman–Crippen MR) is 111 cm³/mol. The van der Waals surface area contributed by atoms with Crippen LogP contribution in [0.3, 0.4) is 0 Å². The fourth-order valence-corrected chi connectivity index (χ4v) is 6.37. The van der Waals surface area contributed by atoms with Gasteiger partial charge in [-0.2, -0.15) is 9.57 Å². The maximum Gasteiger partial charge on any atom is 0.244 e. The highest BCUT2D eigenvalue weighted by Gasteiger charge is 2.36. The van der Waals surface area contributed by atoms with Gasteiger partial charge in [-0.25, -0.2) is 8.42 Å². The van der Waals surface area contributed by atoms with E-state index in [1.165, 1.54) is 4.31 Å². The molecule has 0 aliphatic carbocycles. The molecule has 2 aromatic rings. The first-order chi connectivity index (χ1) is 12.8. The molecule has 0 unspecified atom stereocenters. The van der Waals surface area contributed by atoms with Crippen LogP contribution in [0.1, 0.15) is 17.5 Å². The van der Waals surface area contributed by atoms with Crippen LogP contribution >= 0.6 is 31.9 Å². The number of nitriles is 1. The second kappa shape index (κ2) is 8.31. The van der Waals surface area contributed by atoms with Crippen LogP contribution in [0, 0.1) is 18.4 Å². The summed E-state index contributed by atoms with van der Waals surface area (Å²) in [7, 11) is -3.76. The lowest BCUT2D eigenvalue weighted by Gasteiger charge is -2.28. The number of benzene rings is 2. The Morgan fingerprint density at radius 3 is 2.70 bits per heavy atom. The number of sulfonamides is 1. The number of halogens is 2. The third-order valence-corrected chi connectivity index (χ3v) is 8.00. The van der Waals surface area contributed by atoms with Crippen molar-refractivity contribution in [1.82, 2.24) is 9.21 Å². The minimum atomic E-state index is -3.76. The topological polar surface area (TPSA) is 64.4 Å². The van der Waals surface area contributed by atoms with E-state index in [0.717, 1.165) is 11.1 Å². The Morgan fingerprint density at radius 1 is 1.26 bits per heavy atom. The van der Waals surface area contributed by atoms with Gasteiger partial charge >= 0.3 is 0 Å². The summed E-state index contributed by atoms with van der Waals surface area (Å²) >= 11 is 6.74. The van der Waals surface area contributed by atoms with Crippen molar-refractivity contribution >= 4 is 41.9 Å². The summed E-state index contributed by atoms with van der Waals surface area (Å²) in [6, 6.07) is 12.7. The first-order valence-corrected chi connectivity index (χ1v) is 11.5. The van der Waals surface area contributed by atoms with Gasteiger partial charge in [-0.1, -0.05) is 45.8 Å². The third kappa shape index (κ3) is 4.54. The Labute approximate surface area is 176 Å². The fraction of sp³-hybridized carbons (Fsp3) is 0.316. The standard InChI is InChI=1S/C19H19Br2N3O2S/c1-14-3-2-4-15(9-14)11-24(17-7-8-23(12-17)13-22)27(25,26)19-10-16(20)5-6-18(19)21/h2-6,9-10,17H,7-8,11-12H2,1H3/t17-/m1/s1. The van der Waals surface area contributed by atoms with Crippen LogP contribution in [0.15, 0.2) is 56.3 Å². The molecular formula is C19H19Br2N3O2S. The molecule has 0 radical (unpaired) electrons. The molecule has 0 aromatic heterocycles. The average molecular weight is 513 g/mol. The van der Waals surface area contributed by atoms with Crippen LogP contribution in [0.2, 0.25) is 0 Å². The van der Waals surface area contributed by atoms with Gasteiger partial charge in [0.2, 0.25) is 10.0 Å². The van der Waals surface area contributed by atoms with Gasteiger partial charge in [-0.15, -0.1) is 0 Å². The first-order valence-electron chi connectivity index (χ1n) is 8.48. The number of hydrogen-bond acceptors (Lipinski definition) is 4. The van der Waals surface area contributed by atoms with Crippen molar-refractivity contribution in [1.29, 1.82) is 5.26 Å². The molecule has 142 valence electrons. The van der Waals surface area contributed by atoms with E-state index in [0.29, 0.717) is 28.5 Å². The molecule has 1 aliphatic rings. The van der Waals surface area contributed by atoms with Crippen LogP contribution in [-0.4, -0.2) is 36.8 Å². The lowest BCUT2D eigenvalue weighted by atomic mass is 10.1. The molecule has 0 spiro atoms. The fourth-order valence-electron chi connectivity index (χ4n) is 3.27. The number of aryl methyl sites for hydroxylation is 1. The van der Waals surface area contributed by atoms with Crippen molar-refractivity contribution in [3.05, 3.63) is 62.5 Å². The molecule has 27 heavy (non-hydrogen) atoms. The van der Waals surface area contributed by atoms with Gasteiger partial charge in [0, 0.05) is 34.6 Å². The monoisotopic (exact) mass is 511 g/mol. The number of nitrogens with zero attached hydrogens (tertiary/aromatic N) is 3. The predicted octanol–water partition coefficient (Wildman–Crippen LogP) is 4.27. The molecule has 3 rings (SSSR count). The van der Waals surface area contributed by atoms with Gasteiger partial charge in [0.25, 0.3) is 0 Å². The zero-order valence-electron chi connectivity index (χ0n) is 14.8. The van der Waals surface area contributed by atoms with E-state index in [1.807, 2.05) is 31.2 Å². The Bertz CT molecular complexity index is 989. The largest absolute Gasteiger partial charge is 0.309 e. The van der Waals surface area contributed by atoms with Gasteiger partial charge in [0.15, 0.2) is 6.19 Å². The molecular weight excluding hydrogens is 494 g/mol. The second-order valence-corrected chi connectivity index (χ2v) is 10.2. The lowest BCUT2D eigenvalue weighted by molar-refractivity contribution is 0.314. The number of rotatable bonds is 5. The van der Waals surface area contributed by atoms with E-state index in [1.54, 1.807) is 23.1 Å². The van der Waals surface area contributed by atoms with Crippen LogP contribution in [0.25, 0.3) is 0 Å². The molecule has 1 fully saturated rings. The van der Waals surface area contributed by atoms with Gasteiger partial charge in [-0.05, 0) is 53.0 Å². The minimum absolute atomic E-state index is 0.222. The van der Waals surface area contributed by atoms with E-state index in [2.05, 4.69) is 38.1 Å². The zero-order valence-corrected chi connectivity index (χ0v) is 18.8. The van der Waals surface area contributed by atoms with Crippen molar-refractivity contribution < 1.29 is 8.42 Å². The second-order valence-electron chi connectivity index (χ2n) is 6.60. The molecule has 1 aliphatic heterocycles. The van der Waals surface area contributed by atoms with Crippen LogP contribution in [0.4, 0.5) is 0 Å². The maximum atomic E-state index is 13.6. The third-order valence-electron chi connectivity index (χ3n) is 4.61.